The van der Waals surface area contributed by atoms with Gasteiger partial charge in [-0.25, -0.2) is 0 Å². The molecule has 0 unspecified atom stereocenters. The fourth-order valence-electron chi connectivity index (χ4n) is 1.11. The smallest absolute Gasteiger partial charge is 0.287 e. The molecule has 2 heterocycles. The van der Waals surface area contributed by atoms with E-state index in [2.05, 4.69) is 26.1 Å². The van der Waals surface area contributed by atoms with Gasteiger partial charge in [0, 0.05) is 10.7 Å². The molecule has 0 aromatic carbocycles. The van der Waals surface area contributed by atoms with E-state index in [1.807, 2.05) is 0 Å². The Kier molecular flexibility index (Phi) is 1.99. The molecule has 0 N–H and O–H groups in total. The van der Waals surface area contributed by atoms with Crippen molar-refractivity contribution in [2.24, 2.45) is 0 Å². The zero-order valence-corrected chi connectivity index (χ0v) is 8.17. The van der Waals surface area contributed by atoms with E-state index in [0.29, 0.717) is 4.47 Å². The van der Waals surface area contributed by atoms with Crippen LogP contribution in [0.5, 0.6) is 0 Å². The second-order valence-electron chi connectivity index (χ2n) is 2.63. The number of halogens is 4. The van der Waals surface area contributed by atoms with Crippen molar-refractivity contribution in [2.45, 2.75) is 6.18 Å². The fraction of sp³-hybridized carbons (Fsp3) is 0.143. The monoisotopic (exact) mass is 265 g/mol. The Morgan fingerprint density at radius 1 is 1.36 bits per heavy atom. The lowest BCUT2D eigenvalue weighted by Gasteiger charge is -2.07. The maximum absolute atomic E-state index is 12.5. The molecule has 3 nitrogen and oxygen atoms in total. The van der Waals surface area contributed by atoms with Crippen LogP contribution in [0, 0.1) is 0 Å². The van der Waals surface area contributed by atoms with Gasteiger partial charge >= 0.3 is 6.18 Å². The number of pyridine rings is 1. The van der Waals surface area contributed by atoms with Gasteiger partial charge in [0.1, 0.15) is 11.9 Å². The summed E-state index contributed by atoms with van der Waals surface area (Å²) in [5, 5.41) is 6.81. The van der Waals surface area contributed by atoms with Gasteiger partial charge < -0.3 is 0 Å². The third kappa shape index (κ3) is 1.47. The molecule has 0 atom stereocenters. The number of hydrogen-bond donors (Lipinski definition) is 0. The van der Waals surface area contributed by atoms with Gasteiger partial charge in [-0.05, 0) is 22.0 Å². The van der Waals surface area contributed by atoms with E-state index < -0.39 is 11.7 Å². The topological polar surface area (TPSA) is 30.2 Å². The summed E-state index contributed by atoms with van der Waals surface area (Å²) in [4.78, 5) is 0. The Bertz CT molecular complexity index is 476. The first-order valence-corrected chi connectivity index (χ1v) is 4.34. The van der Waals surface area contributed by atoms with Crippen molar-refractivity contribution in [3.8, 4) is 0 Å². The van der Waals surface area contributed by atoms with E-state index in [1.54, 1.807) is 0 Å². The summed E-state index contributed by atoms with van der Waals surface area (Å²) in [6.45, 7) is 0. The molecule has 7 heteroatoms. The number of rotatable bonds is 0. The Balaban J connectivity index is 2.80. The molecule has 0 amide bonds. The summed E-state index contributed by atoms with van der Waals surface area (Å²) in [6.07, 6.45) is -1.74. The van der Waals surface area contributed by atoms with Gasteiger partial charge in [-0.3, -0.25) is 4.40 Å². The normalized spacial score (nSPS) is 12.3. The molecule has 2 aromatic heterocycles. The summed E-state index contributed by atoms with van der Waals surface area (Å²) >= 11 is 2.98. The molecule has 74 valence electrons. The van der Waals surface area contributed by atoms with Crippen molar-refractivity contribution in [1.82, 2.24) is 14.6 Å². The second kappa shape index (κ2) is 2.94. The van der Waals surface area contributed by atoms with Gasteiger partial charge in [-0.15, -0.1) is 10.2 Å². The second-order valence-corrected chi connectivity index (χ2v) is 3.55. The predicted molar refractivity (Wildman–Crippen MR) is 45.7 cm³/mol. The number of nitrogens with zero attached hydrogens (tertiary/aromatic N) is 3. The highest BCUT2D eigenvalue weighted by Gasteiger charge is 2.34. The Morgan fingerprint density at radius 3 is 2.71 bits per heavy atom. The van der Waals surface area contributed by atoms with E-state index in [-0.39, 0.29) is 5.65 Å². The molecule has 0 bridgehead atoms. The van der Waals surface area contributed by atoms with Gasteiger partial charge in [0.15, 0.2) is 5.65 Å². The summed E-state index contributed by atoms with van der Waals surface area (Å²) in [5.41, 5.74) is -0.995. The molecule has 0 saturated heterocycles. The van der Waals surface area contributed by atoms with E-state index in [1.165, 1.54) is 16.9 Å². The quantitative estimate of drug-likeness (QED) is 0.733. The van der Waals surface area contributed by atoms with Crippen LogP contribution in [0.25, 0.3) is 5.65 Å². The Labute approximate surface area is 84.7 Å². The van der Waals surface area contributed by atoms with Crippen LogP contribution in [-0.4, -0.2) is 14.6 Å². The van der Waals surface area contributed by atoms with Gasteiger partial charge in [0.25, 0.3) is 0 Å². The van der Waals surface area contributed by atoms with Crippen molar-refractivity contribution in [3.05, 3.63) is 28.6 Å². The highest BCUT2D eigenvalue weighted by molar-refractivity contribution is 9.10. The maximum atomic E-state index is 12.5. The van der Waals surface area contributed by atoms with Crippen molar-refractivity contribution in [2.75, 3.05) is 0 Å². The summed E-state index contributed by atoms with van der Waals surface area (Å²) in [7, 11) is 0. The molecule has 0 radical (unpaired) electrons. The zero-order valence-electron chi connectivity index (χ0n) is 6.59. The molecule has 14 heavy (non-hydrogen) atoms. The zero-order chi connectivity index (χ0) is 10.3. The van der Waals surface area contributed by atoms with Gasteiger partial charge in [-0.2, -0.15) is 13.2 Å². The van der Waals surface area contributed by atoms with Crippen LogP contribution in [0.4, 0.5) is 13.2 Å². The molecule has 0 spiro atoms. The predicted octanol–water partition coefficient (Wildman–Crippen LogP) is 2.51. The van der Waals surface area contributed by atoms with Crippen LogP contribution in [0.1, 0.15) is 5.56 Å². The first kappa shape index (κ1) is 9.45. The lowest BCUT2D eigenvalue weighted by molar-refractivity contribution is -0.136. The molecule has 0 aliphatic heterocycles. The molecule has 0 aliphatic rings. The third-order valence-corrected chi connectivity index (χ3v) is 2.10. The van der Waals surface area contributed by atoms with Crippen molar-refractivity contribution in [1.29, 1.82) is 0 Å². The van der Waals surface area contributed by atoms with Crippen molar-refractivity contribution < 1.29 is 13.2 Å². The van der Waals surface area contributed by atoms with Gasteiger partial charge in [0.2, 0.25) is 0 Å². The lowest BCUT2D eigenvalue weighted by Crippen LogP contribution is -2.07. The fourth-order valence-corrected chi connectivity index (χ4v) is 1.56. The number of aromatic nitrogens is 3. The summed E-state index contributed by atoms with van der Waals surface area (Å²) in [5.74, 6) is 0. The first-order chi connectivity index (χ1) is 6.48. The highest BCUT2D eigenvalue weighted by atomic mass is 79.9. The maximum Gasteiger partial charge on any atom is 0.420 e. The minimum absolute atomic E-state index is 0.194. The molecule has 2 rings (SSSR count). The van der Waals surface area contributed by atoms with Crippen molar-refractivity contribution in [3.63, 3.8) is 0 Å². The van der Waals surface area contributed by atoms with Gasteiger partial charge in [0.05, 0.1) is 0 Å². The SMILES string of the molecule is FC(F)(F)c1cc(Br)cn2cnnc12. The van der Waals surface area contributed by atoms with Crippen LogP contribution in [0.2, 0.25) is 0 Å². The summed E-state index contributed by atoms with van der Waals surface area (Å²) < 4.78 is 39.0. The first-order valence-electron chi connectivity index (χ1n) is 3.54. The highest BCUT2D eigenvalue weighted by Crippen LogP contribution is 2.33. The van der Waals surface area contributed by atoms with Crippen LogP contribution < -0.4 is 0 Å². The number of alkyl halides is 3. The lowest BCUT2D eigenvalue weighted by atomic mass is 10.2. The number of hydrogen-bond acceptors (Lipinski definition) is 2. The largest absolute Gasteiger partial charge is 0.420 e. The van der Waals surface area contributed by atoms with Crippen LogP contribution in [0.15, 0.2) is 23.1 Å². The van der Waals surface area contributed by atoms with E-state index in [4.69, 9.17) is 0 Å². The third-order valence-electron chi connectivity index (χ3n) is 1.66. The Morgan fingerprint density at radius 2 is 2.07 bits per heavy atom. The molecule has 0 aliphatic carbocycles. The average molecular weight is 266 g/mol. The van der Waals surface area contributed by atoms with Crippen LogP contribution >= 0.6 is 15.9 Å². The molecule has 0 fully saturated rings. The van der Waals surface area contributed by atoms with E-state index in [9.17, 15) is 13.2 Å². The minimum atomic E-state index is -4.42. The molecular formula is C7H3BrF3N3. The minimum Gasteiger partial charge on any atom is -0.287 e. The van der Waals surface area contributed by atoms with Gasteiger partial charge in [-0.1, -0.05) is 0 Å². The molecule has 0 saturated carbocycles. The molecule has 2 aromatic rings. The van der Waals surface area contributed by atoms with E-state index in [0.717, 1.165) is 6.07 Å². The van der Waals surface area contributed by atoms with Crippen LogP contribution in [0.3, 0.4) is 0 Å². The standard InChI is InChI=1S/C7H3BrF3N3/c8-4-1-5(7(9,10)11)6-13-12-3-14(6)2-4/h1-3H. The average Bonchev–Trinajstić information content (AvgIpc) is 2.47. The Hall–Kier alpha value is -1.11. The molecular weight excluding hydrogens is 263 g/mol. The van der Waals surface area contributed by atoms with Crippen molar-refractivity contribution >= 4 is 21.6 Å². The summed E-state index contributed by atoms with van der Waals surface area (Å²) in [6, 6.07) is 0.976. The van der Waals surface area contributed by atoms with Crippen LogP contribution in [-0.2, 0) is 6.18 Å². The number of fused-ring (bicyclic) bond motifs is 1. The van der Waals surface area contributed by atoms with E-state index >= 15 is 0 Å².